The van der Waals surface area contributed by atoms with Crippen LogP contribution in [0.15, 0.2) is 23.6 Å². The van der Waals surface area contributed by atoms with Gasteiger partial charge in [0.05, 0.1) is 5.69 Å². The van der Waals surface area contributed by atoms with Gasteiger partial charge in [-0.2, -0.15) is 0 Å². The van der Waals surface area contributed by atoms with Crippen LogP contribution in [0.2, 0.25) is 0 Å². The van der Waals surface area contributed by atoms with Crippen LogP contribution in [0, 0.1) is 5.92 Å². The number of fused-ring (bicyclic) bond motifs is 1. The fraction of sp³-hybridized carbons (Fsp3) is 0.375. The van der Waals surface area contributed by atoms with E-state index in [1.165, 1.54) is 16.9 Å². The van der Waals surface area contributed by atoms with E-state index in [-0.39, 0.29) is 11.8 Å². The summed E-state index contributed by atoms with van der Waals surface area (Å²) in [6.07, 6.45) is 2.01. The second-order valence-corrected chi connectivity index (χ2v) is 6.55. The molecule has 1 amide bonds. The van der Waals surface area contributed by atoms with Crippen LogP contribution in [0.1, 0.15) is 25.8 Å². The quantitative estimate of drug-likeness (QED) is 0.925. The average molecular weight is 301 g/mol. The molecule has 1 aliphatic heterocycles. The first-order chi connectivity index (χ1) is 10.1. The SMILES string of the molecule is CC(C)C(=O)N1CCCc2cc(-c3csc(N)n3)ccc21. The van der Waals surface area contributed by atoms with Crippen molar-refractivity contribution >= 4 is 28.1 Å². The predicted molar refractivity (Wildman–Crippen MR) is 87.5 cm³/mol. The molecule has 2 N–H and O–H groups in total. The number of nitrogens with two attached hydrogens (primary N) is 1. The minimum atomic E-state index is 0.0222. The molecule has 5 heteroatoms. The monoisotopic (exact) mass is 301 g/mol. The maximum Gasteiger partial charge on any atom is 0.229 e. The lowest BCUT2D eigenvalue weighted by Crippen LogP contribution is -2.38. The van der Waals surface area contributed by atoms with Gasteiger partial charge in [0.25, 0.3) is 0 Å². The van der Waals surface area contributed by atoms with E-state index >= 15 is 0 Å². The Kier molecular flexibility index (Phi) is 3.68. The Morgan fingerprint density at radius 1 is 1.43 bits per heavy atom. The zero-order valence-corrected chi connectivity index (χ0v) is 13.1. The summed E-state index contributed by atoms with van der Waals surface area (Å²) in [6, 6.07) is 6.21. The minimum Gasteiger partial charge on any atom is -0.375 e. The van der Waals surface area contributed by atoms with Gasteiger partial charge in [-0.3, -0.25) is 4.79 Å². The second kappa shape index (κ2) is 5.48. The molecule has 0 spiro atoms. The molecule has 0 radical (unpaired) electrons. The van der Waals surface area contributed by atoms with Crippen LogP contribution in [-0.4, -0.2) is 17.4 Å². The van der Waals surface area contributed by atoms with E-state index in [1.807, 2.05) is 36.3 Å². The third-order valence-corrected chi connectivity index (χ3v) is 4.45. The summed E-state index contributed by atoms with van der Waals surface area (Å²) < 4.78 is 0. The third-order valence-electron chi connectivity index (χ3n) is 3.78. The van der Waals surface area contributed by atoms with Crippen molar-refractivity contribution < 1.29 is 4.79 Å². The van der Waals surface area contributed by atoms with E-state index in [0.717, 1.165) is 36.3 Å². The van der Waals surface area contributed by atoms with Gasteiger partial charge < -0.3 is 10.6 Å². The number of thiazole rings is 1. The number of hydrogen-bond donors (Lipinski definition) is 1. The van der Waals surface area contributed by atoms with Crippen molar-refractivity contribution in [3.63, 3.8) is 0 Å². The fourth-order valence-corrected chi connectivity index (χ4v) is 3.29. The molecule has 3 rings (SSSR count). The highest BCUT2D eigenvalue weighted by Gasteiger charge is 2.24. The summed E-state index contributed by atoms with van der Waals surface area (Å²) in [5.74, 6) is 0.218. The van der Waals surface area contributed by atoms with E-state index in [0.29, 0.717) is 5.13 Å². The average Bonchev–Trinajstić information content (AvgIpc) is 2.91. The molecule has 0 saturated carbocycles. The molecule has 21 heavy (non-hydrogen) atoms. The first kappa shape index (κ1) is 14.1. The molecule has 110 valence electrons. The molecule has 2 heterocycles. The highest BCUT2D eigenvalue weighted by molar-refractivity contribution is 7.13. The van der Waals surface area contributed by atoms with Gasteiger partial charge in [0.15, 0.2) is 5.13 Å². The van der Waals surface area contributed by atoms with Crippen molar-refractivity contribution in [1.29, 1.82) is 0 Å². The van der Waals surface area contributed by atoms with Crippen molar-refractivity contribution in [3.05, 3.63) is 29.1 Å². The minimum absolute atomic E-state index is 0.0222. The van der Waals surface area contributed by atoms with Gasteiger partial charge >= 0.3 is 0 Å². The Balaban J connectivity index is 1.97. The number of benzene rings is 1. The largest absolute Gasteiger partial charge is 0.375 e. The van der Waals surface area contributed by atoms with Gasteiger partial charge in [0.1, 0.15) is 0 Å². The molecule has 1 aromatic heterocycles. The molecule has 0 fully saturated rings. The van der Waals surface area contributed by atoms with Gasteiger partial charge in [-0.25, -0.2) is 4.98 Å². The summed E-state index contributed by atoms with van der Waals surface area (Å²) in [5.41, 5.74) is 9.95. The lowest BCUT2D eigenvalue weighted by molar-refractivity contribution is -0.121. The Labute approximate surface area is 128 Å². The Morgan fingerprint density at radius 2 is 2.24 bits per heavy atom. The van der Waals surface area contributed by atoms with Crippen molar-refractivity contribution in [2.45, 2.75) is 26.7 Å². The normalized spacial score (nSPS) is 14.3. The van der Waals surface area contributed by atoms with Crippen LogP contribution in [0.3, 0.4) is 0 Å². The molecule has 0 bridgehead atoms. The van der Waals surface area contributed by atoms with Crippen LogP contribution < -0.4 is 10.6 Å². The van der Waals surface area contributed by atoms with E-state index in [2.05, 4.69) is 11.1 Å². The molecule has 0 aliphatic carbocycles. The van der Waals surface area contributed by atoms with Crippen molar-refractivity contribution in [2.75, 3.05) is 17.2 Å². The first-order valence-electron chi connectivity index (χ1n) is 7.22. The predicted octanol–water partition coefficient (Wildman–Crippen LogP) is 3.33. The molecule has 0 unspecified atom stereocenters. The van der Waals surface area contributed by atoms with Crippen LogP contribution >= 0.6 is 11.3 Å². The smallest absolute Gasteiger partial charge is 0.229 e. The number of anilines is 2. The highest BCUT2D eigenvalue weighted by atomic mass is 32.1. The molecule has 2 aromatic rings. The molecule has 1 aliphatic rings. The Hall–Kier alpha value is -1.88. The van der Waals surface area contributed by atoms with Gasteiger partial charge in [-0.1, -0.05) is 19.9 Å². The molecule has 0 saturated heterocycles. The summed E-state index contributed by atoms with van der Waals surface area (Å²) in [5, 5.41) is 2.55. The number of hydrogen-bond acceptors (Lipinski definition) is 4. The standard InChI is InChI=1S/C16H19N3OS/c1-10(2)15(20)19-7-3-4-12-8-11(5-6-14(12)19)13-9-21-16(17)18-13/h5-6,8-10H,3-4,7H2,1-2H3,(H2,17,18). The number of aryl methyl sites for hydroxylation is 1. The van der Waals surface area contributed by atoms with Crippen LogP contribution in [-0.2, 0) is 11.2 Å². The van der Waals surface area contributed by atoms with Crippen molar-refractivity contribution in [3.8, 4) is 11.3 Å². The van der Waals surface area contributed by atoms with Crippen molar-refractivity contribution in [2.24, 2.45) is 5.92 Å². The zero-order chi connectivity index (χ0) is 15.0. The van der Waals surface area contributed by atoms with E-state index in [1.54, 1.807) is 0 Å². The van der Waals surface area contributed by atoms with Gasteiger partial charge in [-0.05, 0) is 30.5 Å². The lowest BCUT2D eigenvalue weighted by atomic mass is 9.97. The fourth-order valence-electron chi connectivity index (χ4n) is 2.72. The van der Waals surface area contributed by atoms with E-state index in [4.69, 9.17) is 5.73 Å². The third kappa shape index (κ3) is 2.65. The number of rotatable bonds is 2. The number of carbonyl (C=O) groups is 1. The number of aromatic nitrogens is 1. The lowest BCUT2D eigenvalue weighted by Gasteiger charge is -2.31. The molecule has 4 nitrogen and oxygen atoms in total. The topological polar surface area (TPSA) is 59.2 Å². The van der Waals surface area contributed by atoms with Gasteiger partial charge in [0.2, 0.25) is 5.91 Å². The van der Waals surface area contributed by atoms with Crippen LogP contribution in [0.25, 0.3) is 11.3 Å². The summed E-state index contributed by atoms with van der Waals surface area (Å²) in [7, 11) is 0. The number of nitrogen functional groups attached to an aromatic ring is 1. The molecule has 1 aromatic carbocycles. The van der Waals surface area contributed by atoms with E-state index in [9.17, 15) is 4.79 Å². The number of nitrogens with zero attached hydrogens (tertiary/aromatic N) is 2. The van der Waals surface area contributed by atoms with Crippen LogP contribution in [0.4, 0.5) is 10.8 Å². The van der Waals surface area contributed by atoms with Crippen molar-refractivity contribution in [1.82, 2.24) is 4.98 Å². The highest BCUT2D eigenvalue weighted by Crippen LogP contribution is 2.33. The van der Waals surface area contributed by atoms with Crippen LogP contribution in [0.5, 0.6) is 0 Å². The molecular formula is C16H19N3OS. The number of amides is 1. The first-order valence-corrected chi connectivity index (χ1v) is 8.10. The van der Waals surface area contributed by atoms with Gasteiger partial charge in [0, 0.05) is 29.1 Å². The summed E-state index contributed by atoms with van der Waals surface area (Å²) in [4.78, 5) is 18.6. The summed E-state index contributed by atoms with van der Waals surface area (Å²) in [6.45, 7) is 4.71. The maximum absolute atomic E-state index is 12.3. The molecule has 0 atom stereocenters. The zero-order valence-electron chi connectivity index (χ0n) is 12.3. The van der Waals surface area contributed by atoms with E-state index < -0.39 is 0 Å². The second-order valence-electron chi connectivity index (χ2n) is 5.66. The Morgan fingerprint density at radius 3 is 2.90 bits per heavy atom. The van der Waals surface area contributed by atoms with Gasteiger partial charge in [-0.15, -0.1) is 11.3 Å². The molecular weight excluding hydrogens is 282 g/mol. The maximum atomic E-state index is 12.3. The summed E-state index contributed by atoms with van der Waals surface area (Å²) >= 11 is 1.45. The number of carbonyl (C=O) groups excluding carboxylic acids is 1. The Bertz CT molecular complexity index is 678.